The number of fused-ring (bicyclic) bond motifs is 2. The smallest absolute Gasteiger partial charge is 0.123 e. The van der Waals surface area contributed by atoms with Crippen molar-refractivity contribution in [3.63, 3.8) is 0 Å². The third-order valence-electron chi connectivity index (χ3n) is 4.16. The van der Waals surface area contributed by atoms with E-state index in [1.807, 2.05) is 6.07 Å². The van der Waals surface area contributed by atoms with Crippen LogP contribution in [0.1, 0.15) is 42.0 Å². The number of hydrogen-bond donors (Lipinski definition) is 0. The second-order valence-electron chi connectivity index (χ2n) is 5.76. The molecule has 0 amide bonds. The number of rotatable bonds is 1. The first kappa shape index (κ1) is 12.4. The summed E-state index contributed by atoms with van der Waals surface area (Å²) in [4.78, 5) is 0. The molecule has 0 radical (unpaired) electrons. The maximum atomic E-state index is 13.6. The van der Waals surface area contributed by atoms with Crippen LogP contribution in [0.5, 0.6) is 0 Å². The minimum absolute atomic E-state index is 0.121. The van der Waals surface area contributed by atoms with E-state index in [1.165, 1.54) is 22.3 Å². The molecule has 3 rings (SSSR count). The summed E-state index contributed by atoms with van der Waals surface area (Å²) in [5.41, 5.74) is 5.27. The molecular formula is C18H19F. The highest BCUT2D eigenvalue weighted by Crippen LogP contribution is 2.39. The maximum absolute atomic E-state index is 13.6. The van der Waals surface area contributed by atoms with Crippen LogP contribution in [0.25, 0.3) is 0 Å². The molecule has 0 N–H and O–H groups in total. The molecule has 19 heavy (non-hydrogen) atoms. The Labute approximate surface area is 114 Å². The number of halogens is 1. The average molecular weight is 254 g/mol. The fourth-order valence-electron chi connectivity index (χ4n) is 3.30. The van der Waals surface area contributed by atoms with Crippen LogP contribution in [0.15, 0.2) is 42.5 Å². The highest BCUT2D eigenvalue weighted by atomic mass is 19.1. The molecule has 0 aliphatic heterocycles. The SMILES string of the molecule is CC(C)C1c2ccccc2CCc2ccc(F)cc21. The molecule has 1 unspecified atom stereocenters. The number of benzene rings is 2. The highest BCUT2D eigenvalue weighted by molar-refractivity contribution is 5.45. The average Bonchev–Trinajstić information content (AvgIpc) is 2.54. The van der Waals surface area contributed by atoms with Gasteiger partial charge in [0.2, 0.25) is 0 Å². The maximum Gasteiger partial charge on any atom is 0.123 e. The van der Waals surface area contributed by atoms with E-state index in [0.717, 1.165) is 12.8 Å². The van der Waals surface area contributed by atoms with Crippen molar-refractivity contribution in [2.75, 3.05) is 0 Å². The lowest BCUT2D eigenvalue weighted by Crippen LogP contribution is -2.10. The van der Waals surface area contributed by atoms with Crippen molar-refractivity contribution in [1.29, 1.82) is 0 Å². The van der Waals surface area contributed by atoms with E-state index in [0.29, 0.717) is 11.8 Å². The van der Waals surface area contributed by atoms with Crippen LogP contribution < -0.4 is 0 Å². The first-order chi connectivity index (χ1) is 9.16. The van der Waals surface area contributed by atoms with Gasteiger partial charge in [0.15, 0.2) is 0 Å². The Morgan fingerprint density at radius 1 is 0.947 bits per heavy atom. The largest absolute Gasteiger partial charge is 0.207 e. The summed E-state index contributed by atoms with van der Waals surface area (Å²) in [6.45, 7) is 4.45. The molecule has 98 valence electrons. The topological polar surface area (TPSA) is 0 Å². The Hall–Kier alpha value is -1.63. The van der Waals surface area contributed by atoms with Crippen molar-refractivity contribution >= 4 is 0 Å². The van der Waals surface area contributed by atoms with Crippen LogP contribution in [0.3, 0.4) is 0 Å². The molecule has 0 saturated heterocycles. The van der Waals surface area contributed by atoms with Crippen LogP contribution >= 0.6 is 0 Å². The molecule has 0 fully saturated rings. The van der Waals surface area contributed by atoms with Gasteiger partial charge in [0.1, 0.15) is 5.82 Å². The molecule has 1 heteroatoms. The molecule has 0 nitrogen and oxygen atoms in total. The van der Waals surface area contributed by atoms with Crippen molar-refractivity contribution in [3.05, 3.63) is 70.5 Å². The fourth-order valence-corrected chi connectivity index (χ4v) is 3.30. The molecule has 1 atom stereocenters. The standard InChI is InChI=1S/C18H19F/c1-12(2)18-16-6-4-3-5-13(16)7-8-14-9-10-15(19)11-17(14)18/h3-6,9-12,18H,7-8H2,1-2H3. The minimum atomic E-state index is -0.121. The van der Waals surface area contributed by atoms with Gasteiger partial charge in [0, 0.05) is 5.92 Å². The molecule has 1 aliphatic carbocycles. The lowest BCUT2D eigenvalue weighted by molar-refractivity contribution is 0.554. The molecule has 0 heterocycles. The first-order valence-corrected chi connectivity index (χ1v) is 7.03. The van der Waals surface area contributed by atoms with Gasteiger partial charge in [-0.2, -0.15) is 0 Å². The normalized spacial score (nSPS) is 17.8. The summed E-state index contributed by atoms with van der Waals surface area (Å²) in [7, 11) is 0. The highest BCUT2D eigenvalue weighted by Gasteiger charge is 2.26. The van der Waals surface area contributed by atoms with Crippen LogP contribution in [0, 0.1) is 11.7 Å². The van der Waals surface area contributed by atoms with Crippen LogP contribution in [0.4, 0.5) is 4.39 Å². The van der Waals surface area contributed by atoms with Gasteiger partial charge in [0.25, 0.3) is 0 Å². The van der Waals surface area contributed by atoms with Gasteiger partial charge < -0.3 is 0 Å². The van der Waals surface area contributed by atoms with E-state index in [9.17, 15) is 4.39 Å². The van der Waals surface area contributed by atoms with Gasteiger partial charge in [-0.1, -0.05) is 44.2 Å². The van der Waals surface area contributed by atoms with E-state index in [1.54, 1.807) is 12.1 Å². The summed E-state index contributed by atoms with van der Waals surface area (Å²) in [6.07, 6.45) is 2.06. The van der Waals surface area contributed by atoms with Gasteiger partial charge in [-0.3, -0.25) is 0 Å². The van der Waals surface area contributed by atoms with Crippen molar-refractivity contribution in [2.45, 2.75) is 32.6 Å². The molecule has 2 aromatic rings. The van der Waals surface area contributed by atoms with Gasteiger partial charge in [0.05, 0.1) is 0 Å². The Kier molecular flexibility index (Phi) is 3.14. The van der Waals surface area contributed by atoms with E-state index >= 15 is 0 Å². The van der Waals surface area contributed by atoms with Gasteiger partial charge in [-0.25, -0.2) is 4.39 Å². The Balaban J connectivity index is 2.23. The van der Waals surface area contributed by atoms with Crippen LogP contribution in [0.2, 0.25) is 0 Å². The van der Waals surface area contributed by atoms with Gasteiger partial charge >= 0.3 is 0 Å². The zero-order chi connectivity index (χ0) is 13.4. The van der Waals surface area contributed by atoms with Crippen molar-refractivity contribution in [3.8, 4) is 0 Å². The van der Waals surface area contributed by atoms with E-state index in [4.69, 9.17) is 0 Å². The first-order valence-electron chi connectivity index (χ1n) is 7.03. The summed E-state index contributed by atoms with van der Waals surface area (Å²) in [5, 5.41) is 0. The van der Waals surface area contributed by atoms with E-state index in [-0.39, 0.29) is 5.82 Å². The van der Waals surface area contributed by atoms with Gasteiger partial charge in [-0.15, -0.1) is 0 Å². The van der Waals surface area contributed by atoms with Crippen LogP contribution in [-0.4, -0.2) is 0 Å². The van der Waals surface area contributed by atoms with Gasteiger partial charge in [-0.05, 0) is 53.1 Å². The second kappa shape index (κ2) is 4.80. The summed E-state index contributed by atoms with van der Waals surface area (Å²) >= 11 is 0. The van der Waals surface area contributed by atoms with E-state index in [2.05, 4.69) is 38.1 Å². The second-order valence-corrected chi connectivity index (χ2v) is 5.76. The predicted octanol–water partition coefficient (Wildman–Crippen LogP) is 4.71. The van der Waals surface area contributed by atoms with Crippen molar-refractivity contribution < 1.29 is 4.39 Å². The zero-order valence-electron chi connectivity index (χ0n) is 11.5. The molecule has 0 saturated carbocycles. The zero-order valence-corrected chi connectivity index (χ0v) is 11.5. The molecule has 0 aromatic heterocycles. The lowest BCUT2D eigenvalue weighted by atomic mass is 9.80. The fraction of sp³-hybridized carbons (Fsp3) is 0.333. The summed E-state index contributed by atoms with van der Waals surface area (Å²) in [5.74, 6) is 0.660. The Bertz CT molecular complexity index is 598. The summed E-state index contributed by atoms with van der Waals surface area (Å²) in [6, 6.07) is 13.9. The van der Waals surface area contributed by atoms with E-state index < -0.39 is 0 Å². The third-order valence-corrected chi connectivity index (χ3v) is 4.16. The molecule has 1 aliphatic rings. The third kappa shape index (κ3) is 2.18. The van der Waals surface area contributed by atoms with Crippen molar-refractivity contribution in [1.82, 2.24) is 0 Å². The molecule has 0 spiro atoms. The molecule has 0 bridgehead atoms. The lowest BCUT2D eigenvalue weighted by Gasteiger charge is -2.24. The Morgan fingerprint density at radius 3 is 2.37 bits per heavy atom. The van der Waals surface area contributed by atoms with Crippen molar-refractivity contribution in [2.24, 2.45) is 5.92 Å². The summed E-state index contributed by atoms with van der Waals surface area (Å²) < 4.78 is 13.6. The van der Waals surface area contributed by atoms with Crippen LogP contribution in [-0.2, 0) is 12.8 Å². The predicted molar refractivity (Wildman–Crippen MR) is 76.9 cm³/mol. The Morgan fingerprint density at radius 2 is 1.63 bits per heavy atom. The number of hydrogen-bond acceptors (Lipinski definition) is 0. The monoisotopic (exact) mass is 254 g/mol. The molecule has 2 aromatic carbocycles. The number of aryl methyl sites for hydroxylation is 2. The molecular weight excluding hydrogens is 235 g/mol. The minimum Gasteiger partial charge on any atom is -0.207 e. The quantitative estimate of drug-likeness (QED) is 0.691.